The molecular weight excluding hydrogens is 163 g/mol. The molecule has 0 spiro atoms. The predicted molar refractivity (Wildman–Crippen MR) is 42.2 cm³/mol. The maximum absolute atomic E-state index is 10.4. The molecule has 6 nitrogen and oxygen atoms in total. The molecule has 0 radical (unpaired) electrons. The molecule has 0 unspecified atom stereocenters. The number of hydrogen-bond donors (Lipinski definition) is 4. The van der Waals surface area contributed by atoms with E-state index in [0.29, 0.717) is 0 Å². The maximum Gasteiger partial charge on any atom is 0.374 e. The summed E-state index contributed by atoms with van der Waals surface area (Å²) in [6.07, 6.45) is -0.333. The number of nitrogens with one attached hydrogen (secondary N) is 1. The molecule has 0 aromatic heterocycles. The molecule has 0 fully saturated rings. The van der Waals surface area contributed by atoms with Crippen molar-refractivity contribution in [3.63, 3.8) is 0 Å². The smallest absolute Gasteiger partial charge is 0.374 e. The van der Waals surface area contributed by atoms with Crippen LogP contribution in [-0.4, -0.2) is 35.1 Å². The van der Waals surface area contributed by atoms with Crippen molar-refractivity contribution >= 4 is 18.9 Å². The summed E-state index contributed by atoms with van der Waals surface area (Å²) < 4.78 is 0. The van der Waals surface area contributed by atoms with Crippen LogP contribution in [0.1, 0.15) is 6.42 Å². The summed E-state index contributed by atoms with van der Waals surface area (Å²) in [5.74, 6) is -1.94. The second-order valence-electron chi connectivity index (χ2n) is 2.40. The molecule has 0 aliphatic heterocycles. The molecule has 0 aliphatic carbocycles. The van der Waals surface area contributed by atoms with Gasteiger partial charge in [-0.1, -0.05) is 0 Å². The van der Waals surface area contributed by atoms with E-state index < -0.39 is 25.0 Å². The van der Waals surface area contributed by atoms with E-state index >= 15 is 0 Å². The fraction of sp³-hybridized carbons (Fsp3) is 0.600. The first kappa shape index (κ1) is 10.9. The Morgan fingerprint density at radius 3 is 2.42 bits per heavy atom. The average Bonchev–Trinajstić information content (AvgIpc) is 1.83. The number of rotatable bonds is 5. The van der Waals surface area contributed by atoms with Crippen LogP contribution in [0, 0.1) is 0 Å². The quantitative estimate of drug-likeness (QED) is 0.360. The van der Waals surface area contributed by atoms with Crippen molar-refractivity contribution in [3.8, 4) is 0 Å². The Morgan fingerprint density at radius 2 is 2.17 bits per heavy atom. The van der Waals surface area contributed by atoms with Crippen molar-refractivity contribution in [1.29, 1.82) is 0 Å². The van der Waals surface area contributed by atoms with E-state index in [9.17, 15) is 9.59 Å². The summed E-state index contributed by atoms with van der Waals surface area (Å²) in [6.45, 7) is 1.36. The Balaban J connectivity index is 4.04. The van der Waals surface area contributed by atoms with Gasteiger partial charge < -0.3 is 21.1 Å². The molecule has 0 heterocycles. The zero-order valence-corrected chi connectivity index (χ0v) is 6.65. The van der Waals surface area contributed by atoms with Crippen LogP contribution in [0.15, 0.2) is 0 Å². The number of nitrogens with two attached hydrogens (primary N) is 1. The highest BCUT2D eigenvalue weighted by Gasteiger charge is 2.21. The lowest BCUT2D eigenvalue weighted by atomic mass is 9.87. The summed E-state index contributed by atoms with van der Waals surface area (Å²) in [5.41, 5.74) is 4.78. The van der Waals surface area contributed by atoms with Gasteiger partial charge in [0.05, 0.1) is 6.42 Å². The van der Waals surface area contributed by atoms with E-state index in [1.54, 1.807) is 0 Å². The van der Waals surface area contributed by atoms with E-state index in [1.165, 1.54) is 6.82 Å². The van der Waals surface area contributed by atoms with Gasteiger partial charge in [0.2, 0.25) is 5.91 Å². The van der Waals surface area contributed by atoms with Gasteiger partial charge in [-0.25, -0.2) is 0 Å². The van der Waals surface area contributed by atoms with Crippen LogP contribution in [-0.2, 0) is 9.59 Å². The number of aliphatic carboxylic acids is 1. The predicted octanol–water partition coefficient (Wildman–Crippen LogP) is -1.99. The molecule has 5 N–H and O–H groups in total. The van der Waals surface area contributed by atoms with Gasteiger partial charge >= 0.3 is 13.0 Å². The lowest BCUT2D eigenvalue weighted by Gasteiger charge is -2.12. The second-order valence-corrected chi connectivity index (χ2v) is 2.40. The molecule has 12 heavy (non-hydrogen) atoms. The molecule has 68 valence electrons. The summed E-state index contributed by atoms with van der Waals surface area (Å²) in [5, 5.41) is 19.5. The third-order valence-electron chi connectivity index (χ3n) is 1.15. The van der Waals surface area contributed by atoms with Crippen LogP contribution in [0.4, 0.5) is 0 Å². The number of carbonyl (C=O) groups excluding carboxylic acids is 1. The van der Waals surface area contributed by atoms with E-state index in [1.807, 2.05) is 0 Å². The molecule has 1 amide bonds. The highest BCUT2D eigenvalue weighted by Crippen LogP contribution is 1.91. The number of carbonyl (C=O) groups is 2. The van der Waals surface area contributed by atoms with Gasteiger partial charge in [-0.05, 0) is 6.82 Å². The fourth-order valence-corrected chi connectivity index (χ4v) is 0.710. The summed E-state index contributed by atoms with van der Waals surface area (Å²) in [6, 6.07) is -1.12. The Morgan fingerprint density at radius 1 is 1.67 bits per heavy atom. The SMILES string of the molecule is CB(O)N[C@@H](CC(N)=O)C(=O)O. The van der Waals surface area contributed by atoms with Crippen molar-refractivity contribution in [1.82, 2.24) is 5.23 Å². The monoisotopic (exact) mass is 174 g/mol. The molecule has 0 rings (SSSR count). The molecule has 7 heteroatoms. The molecule has 0 aromatic rings. The highest BCUT2D eigenvalue weighted by atomic mass is 16.4. The largest absolute Gasteiger partial charge is 0.480 e. The number of amides is 1. The first-order valence-corrected chi connectivity index (χ1v) is 3.38. The van der Waals surface area contributed by atoms with Crippen molar-refractivity contribution in [2.75, 3.05) is 0 Å². The van der Waals surface area contributed by atoms with Gasteiger partial charge in [-0.2, -0.15) is 0 Å². The highest BCUT2D eigenvalue weighted by molar-refractivity contribution is 6.46. The van der Waals surface area contributed by atoms with Gasteiger partial charge in [0.15, 0.2) is 0 Å². The number of carboxylic acids is 1. The van der Waals surface area contributed by atoms with Crippen molar-refractivity contribution in [2.24, 2.45) is 5.73 Å². The Labute approximate surface area is 69.9 Å². The third-order valence-corrected chi connectivity index (χ3v) is 1.15. The lowest BCUT2D eigenvalue weighted by molar-refractivity contribution is -0.140. The second kappa shape index (κ2) is 4.73. The maximum atomic E-state index is 10.4. The van der Waals surface area contributed by atoms with Gasteiger partial charge in [0.1, 0.15) is 6.04 Å². The summed E-state index contributed by atoms with van der Waals surface area (Å²) in [7, 11) is -0.981. The minimum absolute atomic E-state index is 0.333. The lowest BCUT2D eigenvalue weighted by Crippen LogP contribution is -2.46. The van der Waals surface area contributed by atoms with Crippen molar-refractivity contribution in [2.45, 2.75) is 19.3 Å². The molecule has 0 aliphatic rings. The van der Waals surface area contributed by atoms with E-state index in [2.05, 4.69) is 5.23 Å². The molecule has 0 saturated carbocycles. The Hall–Kier alpha value is -1.08. The van der Waals surface area contributed by atoms with Crippen LogP contribution in [0.5, 0.6) is 0 Å². The van der Waals surface area contributed by atoms with E-state index in [-0.39, 0.29) is 6.42 Å². The van der Waals surface area contributed by atoms with Crippen molar-refractivity contribution < 1.29 is 19.7 Å². The summed E-state index contributed by atoms with van der Waals surface area (Å²) >= 11 is 0. The average molecular weight is 174 g/mol. The zero-order valence-electron chi connectivity index (χ0n) is 6.65. The molecule has 1 atom stereocenters. The number of primary amides is 1. The van der Waals surface area contributed by atoms with E-state index in [0.717, 1.165) is 0 Å². The fourth-order valence-electron chi connectivity index (χ4n) is 0.710. The minimum Gasteiger partial charge on any atom is -0.480 e. The van der Waals surface area contributed by atoms with Gasteiger partial charge in [0, 0.05) is 0 Å². The standard InChI is InChI=1S/C5H11BN2O4/c1-6(12)8-3(5(10)11)2-4(7)9/h3,8,12H,2H2,1H3,(H2,7,9)(H,10,11)/t3-/m0/s1. The van der Waals surface area contributed by atoms with Crippen LogP contribution in [0.3, 0.4) is 0 Å². The first-order chi connectivity index (χ1) is 5.43. The normalized spacial score (nSPS) is 12.2. The Bertz CT molecular complexity index is 184. The number of carboxylic acid groups (broad SMARTS) is 1. The molecular formula is C5H11BN2O4. The van der Waals surface area contributed by atoms with Crippen LogP contribution in [0.2, 0.25) is 6.82 Å². The third kappa shape index (κ3) is 4.70. The van der Waals surface area contributed by atoms with Crippen LogP contribution >= 0.6 is 0 Å². The van der Waals surface area contributed by atoms with Crippen molar-refractivity contribution in [3.05, 3.63) is 0 Å². The van der Waals surface area contributed by atoms with Crippen LogP contribution in [0.25, 0.3) is 0 Å². The van der Waals surface area contributed by atoms with Gasteiger partial charge in [-0.15, -0.1) is 0 Å². The molecule has 0 saturated heterocycles. The molecule has 0 aromatic carbocycles. The van der Waals surface area contributed by atoms with Gasteiger partial charge in [-0.3, -0.25) is 9.59 Å². The first-order valence-electron chi connectivity index (χ1n) is 3.38. The topological polar surface area (TPSA) is 113 Å². The van der Waals surface area contributed by atoms with E-state index in [4.69, 9.17) is 15.9 Å². The zero-order chi connectivity index (χ0) is 9.72. The number of hydrogen-bond acceptors (Lipinski definition) is 4. The van der Waals surface area contributed by atoms with Crippen LogP contribution < -0.4 is 11.0 Å². The molecule has 0 bridgehead atoms. The Kier molecular flexibility index (Phi) is 4.31. The summed E-state index contributed by atoms with van der Waals surface area (Å²) in [4.78, 5) is 20.7. The van der Waals surface area contributed by atoms with Gasteiger partial charge in [0.25, 0.3) is 0 Å². The minimum atomic E-state index is -1.21.